The van der Waals surface area contributed by atoms with E-state index in [0.29, 0.717) is 28.7 Å². The number of alkyl halides is 3. The molecule has 2 N–H and O–H groups in total. The second kappa shape index (κ2) is 5.51. The van der Waals surface area contributed by atoms with Crippen molar-refractivity contribution >= 4 is 28.0 Å². The van der Waals surface area contributed by atoms with Crippen LogP contribution in [-0.2, 0) is 4.74 Å². The largest absolute Gasteiger partial charge is 0.465 e. The first-order valence-electron chi connectivity index (χ1n) is 6.12. The summed E-state index contributed by atoms with van der Waals surface area (Å²) < 4.78 is 42.4. The first-order valence-corrected chi connectivity index (χ1v) is 6.94. The molecule has 1 aromatic heterocycles. The molecule has 0 radical (unpaired) electrons. The van der Waals surface area contributed by atoms with Gasteiger partial charge in [0.25, 0.3) is 0 Å². The Morgan fingerprint density at radius 3 is 2.55 bits per heavy atom. The van der Waals surface area contributed by atoms with Crippen LogP contribution in [0.5, 0.6) is 0 Å². The number of nitrogens with two attached hydrogens (primary N) is 1. The van der Waals surface area contributed by atoms with E-state index in [0.717, 1.165) is 11.3 Å². The Balaban J connectivity index is 2.06. The molecular weight excluding hydrogens is 293 g/mol. The molecule has 2 rings (SSSR count). The lowest BCUT2D eigenvalue weighted by Crippen LogP contribution is -2.38. The van der Waals surface area contributed by atoms with Crippen molar-refractivity contribution in [2.45, 2.75) is 19.0 Å². The molecule has 1 fully saturated rings. The summed E-state index contributed by atoms with van der Waals surface area (Å²) in [6.45, 7) is 0.621. The van der Waals surface area contributed by atoms with Gasteiger partial charge in [0.1, 0.15) is 4.88 Å². The average molecular weight is 308 g/mol. The molecule has 1 aliphatic heterocycles. The number of nitrogens with zero attached hydrogens (tertiary/aromatic N) is 1. The highest BCUT2D eigenvalue weighted by molar-refractivity contribution is 7.18. The summed E-state index contributed by atoms with van der Waals surface area (Å²) >= 11 is 1.15. The number of hydrogen-bond acceptors (Lipinski definition) is 5. The zero-order valence-electron chi connectivity index (χ0n) is 10.9. The fraction of sp³-hybridized carbons (Fsp3) is 0.583. The Bertz CT molecular complexity index is 493. The van der Waals surface area contributed by atoms with Crippen molar-refractivity contribution < 1.29 is 22.7 Å². The quantitative estimate of drug-likeness (QED) is 0.854. The van der Waals surface area contributed by atoms with Crippen LogP contribution in [0, 0.1) is 5.92 Å². The Hall–Kier alpha value is -1.44. The van der Waals surface area contributed by atoms with Gasteiger partial charge in [0.15, 0.2) is 0 Å². The fourth-order valence-corrected chi connectivity index (χ4v) is 3.28. The van der Waals surface area contributed by atoms with E-state index >= 15 is 0 Å². The molecule has 0 amide bonds. The Labute approximate surface area is 118 Å². The summed E-state index contributed by atoms with van der Waals surface area (Å²) in [7, 11) is 1.26. The zero-order valence-corrected chi connectivity index (χ0v) is 11.7. The summed E-state index contributed by atoms with van der Waals surface area (Å²) in [6, 6.07) is 1.62. The molecule has 0 unspecified atom stereocenters. The van der Waals surface area contributed by atoms with Crippen LogP contribution in [0.2, 0.25) is 0 Å². The maximum Gasteiger partial charge on any atom is 0.391 e. The molecular formula is C12H15F3N2O2S. The second-order valence-electron chi connectivity index (χ2n) is 4.66. The minimum Gasteiger partial charge on any atom is -0.465 e. The molecule has 8 heteroatoms. The van der Waals surface area contributed by atoms with E-state index in [1.807, 2.05) is 4.90 Å². The Morgan fingerprint density at radius 2 is 2.05 bits per heavy atom. The SMILES string of the molecule is COC(=O)c1sc(N2CCC(C(F)(F)F)CC2)cc1N. The van der Waals surface area contributed by atoms with Crippen molar-refractivity contribution in [3.63, 3.8) is 0 Å². The van der Waals surface area contributed by atoms with Crippen LogP contribution in [0.3, 0.4) is 0 Å². The van der Waals surface area contributed by atoms with Gasteiger partial charge < -0.3 is 15.4 Å². The van der Waals surface area contributed by atoms with Gasteiger partial charge in [-0.05, 0) is 18.9 Å². The van der Waals surface area contributed by atoms with Gasteiger partial charge in [0.05, 0.1) is 23.7 Å². The smallest absolute Gasteiger partial charge is 0.391 e. The first-order chi connectivity index (χ1) is 9.32. The van der Waals surface area contributed by atoms with Crippen molar-refractivity contribution in [3.05, 3.63) is 10.9 Å². The van der Waals surface area contributed by atoms with E-state index in [2.05, 4.69) is 4.74 Å². The number of hydrogen-bond donors (Lipinski definition) is 1. The van der Waals surface area contributed by atoms with E-state index in [9.17, 15) is 18.0 Å². The fourth-order valence-electron chi connectivity index (χ4n) is 2.23. The third kappa shape index (κ3) is 3.00. The summed E-state index contributed by atoms with van der Waals surface area (Å²) in [5.41, 5.74) is 6.02. The molecule has 20 heavy (non-hydrogen) atoms. The second-order valence-corrected chi connectivity index (χ2v) is 5.69. The summed E-state index contributed by atoms with van der Waals surface area (Å²) in [5.74, 6) is -1.76. The van der Waals surface area contributed by atoms with Gasteiger partial charge in [-0.3, -0.25) is 0 Å². The number of halogens is 3. The molecule has 0 spiro atoms. The highest BCUT2D eigenvalue weighted by Crippen LogP contribution is 2.38. The standard InChI is InChI=1S/C12H15F3N2O2S/c1-19-11(18)10-8(16)6-9(20-10)17-4-2-7(3-5-17)12(13,14)15/h6-7H,2-5,16H2,1H3. The summed E-state index contributed by atoms with van der Waals surface area (Å²) in [5, 5.41) is 0.712. The van der Waals surface area contributed by atoms with Gasteiger partial charge >= 0.3 is 12.1 Å². The van der Waals surface area contributed by atoms with Gasteiger partial charge in [-0.2, -0.15) is 13.2 Å². The number of carbonyl (C=O) groups excluding carboxylic acids is 1. The van der Waals surface area contributed by atoms with Crippen molar-refractivity contribution in [1.82, 2.24) is 0 Å². The van der Waals surface area contributed by atoms with Crippen LogP contribution in [-0.4, -0.2) is 32.3 Å². The van der Waals surface area contributed by atoms with Crippen LogP contribution >= 0.6 is 11.3 Å². The van der Waals surface area contributed by atoms with E-state index in [-0.39, 0.29) is 12.8 Å². The maximum atomic E-state index is 12.6. The first kappa shape index (κ1) is 15.0. The molecule has 4 nitrogen and oxygen atoms in total. The van der Waals surface area contributed by atoms with Crippen LogP contribution in [0.4, 0.5) is 23.9 Å². The number of rotatable bonds is 2. The van der Waals surface area contributed by atoms with Gasteiger partial charge in [0.2, 0.25) is 0 Å². The number of ether oxygens (including phenoxy) is 1. The highest BCUT2D eigenvalue weighted by Gasteiger charge is 2.41. The molecule has 112 valence electrons. The van der Waals surface area contributed by atoms with Gasteiger partial charge in [0, 0.05) is 13.1 Å². The minimum atomic E-state index is -4.13. The lowest BCUT2D eigenvalue weighted by atomic mass is 9.96. The maximum absolute atomic E-state index is 12.6. The molecule has 1 saturated heterocycles. The molecule has 1 aliphatic rings. The zero-order chi connectivity index (χ0) is 14.9. The third-order valence-electron chi connectivity index (χ3n) is 3.39. The summed E-state index contributed by atoms with van der Waals surface area (Å²) in [4.78, 5) is 13.6. The lowest BCUT2D eigenvalue weighted by Gasteiger charge is -2.33. The Kier molecular flexibility index (Phi) is 4.12. The van der Waals surface area contributed by atoms with E-state index in [1.54, 1.807) is 6.07 Å². The number of piperidine rings is 1. The van der Waals surface area contributed by atoms with Crippen molar-refractivity contribution in [1.29, 1.82) is 0 Å². The monoisotopic (exact) mass is 308 g/mol. The van der Waals surface area contributed by atoms with Crippen LogP contribution < -0.4 is 10.6 Å². The number of anilines is 2. The van der Waals surface area contributed by atoms with Gasteiger partial charge in [-0.25, -0.2) is 4.79 Å². The minimum absolute atomic E-state index is 0.0643. The number of esters is 1. The number of thiophene rings is 1. The van der Waals surface area contributed by atoms with Crippen LogP contribution in [0.25, 0.3) is 0 Å². The van der Waals surface area contributed by atoms with E-state index in [1.165, 1.54) is 7.11 Å². The van der Waals surface area contributed by atoms with Crippen LogP contribution in [0.1, 0.15) is 22.5 Å². The van der Waals surface area contributed by atoms with Crippen molar-refractivity contribution in [2.75, 3.05) is 30.8 Å². The summed E-state index contributed by atoms with van der Waals surface area (Å²) in [6.07, 6.45) is -4.00. The molecule has 0 atom stereocenters. The Morgan fingerprint density at radius 1 is 1.45 bits per heavy atom. The predicted octanol–water partition coefficient (Wildman–Crippen LogP) is 2.90. The lowest BCUT2D eigenvalue weighted by molar-refractivity contribution is -0.179. The van der Waals surface area contributed by atoms with Gasteiger partial charge in [-0.15, -0.1) is 11.3 Å². The van der Waals surface area contributed by atoms with Gasteiger partial charge in [-0.1, -0.05) is 0 Å². The van der Waals surface area contributed by atoms with Crippen LogP contribution in [0.15, 0.2) is 6.07 Å². The predicted molar refractivity (Wildman–Crippen MR) is 71.1 cm³/mol. The van der Waals surface area contributed by atoms with Crippen molar-refractivity contribution in [3.8, 4) is 0 Å². The molecule has 0 bridgehead atoms. The highest BCUT2D eigenvalue weighted by atomic mass is 32.1. The van der Waals surface area contributed by atoms with Crippen molar-refractivity contribution in [2.24, 2.45) is 5.92 Å². The van der Waals surface area contributed by atoms with E-state index < -0.39 is 18.1 Å². The number of nitrogen functional groups attached to an aromatic ring is 1. The van der Waals surface area contributed by atoms with E-state index in [4.69, 9.17) is 5.73 Å². The average Bonchev–Trinajstić information content (AvgIpc) is 2.79. The molecule has 0 aromatic carbocycles. The number of methoxy groups -OCH3 is 1. The topological polar surface area (TPSA) is 55.6 Å². The number of carbonyl (C=O) groups is 1. The third-order valence-corrected chi connectivity index (χ3v) is 4.58. The molecule has 0 aliphatic carbocycles. The molecule has 0 saturated carbocycles. The molecule has 1 aromatic rings. The molecule has 2 heterocycles. The normalized spacial score (nSPS) is 17.3.